The fourth-order valence-electron chi connectivity index (χ4n) is 5.60. The minimum Gasteiger partial charge on any atom is -0.390 e. The molecule has 11 atom stereocenters. The summed E-state index contributed by atoms with van der Waals surface area (Å²) in [4.78, 5) is 25.6. The molecule has 0 bridgehead atoms. The predicted molar refractivity (Wildman–Crippen MR) is 134 cm³/mol. The van der Waals surface area contributed by atoms with Crippen molar-refractivity contribution in [3.05, 3.63) is 35.9 Å². The van der Waals surface area contributed by atoms with E-state index < -0.39 is 78.6 Å². The average Bonchev–Trinajstić information content (AvgIpc) is 2.89. The smallest absolute Gasteiger partial charge is 0.243 e. The molecule has 1 saturated carbocycles. The monoisotopic (exact) mass is 537 g/mol. The first-order valence-corrected chi connectivity index (χ1v) is 12.9. The second kappa shape index (κ2) is 11.9. The van der Waals surface area contributed by atoms with E-state index in [0.29, 0.717) is 0 Å². The number of aliphatic hydroxyl groups is 3. The van der Waals surface area contributed by atoms with Gasteiger partial charge in [0.1, 0.15) is 24.4 Å². The molecule has 4 rings (SSSR count). The van der Waals surface area contributed by atoms with E-state index in [1.54, 1.807) is 21.0 Å². The summed E-state index contributed by atoms with van der Waals surface area (Å²) in [5.41, 5.74) is 6.29. The fraction of sp³-hybridized carbons (Fsp3) is 0.680. The SMILES string of the molecule is CNC1C2O[C@@]3(O)C(NC(=O)C(Cc4ccccc4)NC(=O)CN)C[C@@H](C)OC3OC2[C@@H](O)[C@H](NC)C1O. The molecule has 212 valence electrons. The molecule has 2 saturated heterocycles. The zero-order valence-corrected chi connectivity index (χ0v) is 21.7. The summed E-state index contributed by atoms with van der Waals surface area (Å²) < 4.78 is 18.1. The van der Waals surface area contributed by atoms with Crippen LogP contribution in [0, 0.1) is 0 Å². The number of benzene rings is 1. The van der Waals surface area contributed by atoms with Gasteiger partial charge in [0, 0.05) is 6.42 Å². The summed E-state index contributed by atoms with van der Waals surface area (Å²) in [6, 6.07) is 5.79. The molecule has 2 heterocycles. The number of nitrogens with one attached hydrogen (secondary N) is 4. The fourth-order valence-corrected chi connectivity index (χ4v) is 5.60. The van der Waals surface area contributed by atoms with Crippen LogP contribution in [0.5, 0.6) is 0 Å². The van der Waals surface area contributed by atoms with Crippen molar-refractivity contribution in [2.24, 2.45) is 5.73 Å². The standard InChI is InChI=1S/C25H39N5O8/c1-12-9-15(30-23(34)14(29-16(31)11-26)10-13-7-5-4-6-8-13)25(35)24(36-12)37-22-20(33)17(27-2)19(32)18(28-3)21(22)38-25/h4-8,12,14-15,17-22,24,27-28,32-33,35H,9-11,26H2,1-3H3,(H,29,31)(H,30,34)/t12-,14?,15?,17-,18?,19?,20+,21?,22?,24?,25+/m1/s1. The van der Waals surface area contributed by atoms with Crippen molar-refractivity contribution in [2.75, 3.05) is 20.6 Å². The number of ether oxygens (including phenoxy) is 3. The van der Waals surface area contributed by atoms with Crippen molar-refractivity contribution in [1.29, 1.82) is 0 Å². The lowest BCUT2D eigenvalue weighted by atomic mass is 9.79. The van der Waals surface area contributed by atoms with Gasteiger partial charge in [0.2, 0.25) is 23.9 Å². The van der Waals surface area contributed by atoms with Crippen LogP contribution in [0.3, 0.4) is 0 Å². The molecule has 1 aromatic carbocycles. The van der Waals surface area contributed by atoms with Gasteiger partial charge in [0.05, 0.1) is 36.9 Å². The maximum Gasteiger partial charge on any atom is 0.243 e. The normalized spacial score (nSPS) is 39.4. The maximum atomic E-state index is 13.5. The van der Waals surface area contributed by atoms with Crippen LogP contribution in [0.15, 0.2) is 30.3 Å². The van der Waals surface area contributed by atoms with Crippen LogP contribution in [0.1, 0.15) is 18.9 Å². The molecule has 1 aliphatic carbocycles. The largest absolute Gasteiger partial charge is 0.390 e. The molecule has 3 fully saturated rings. The van der Waals surface area contributed by atoms with Gasteiger partial charge in [-0.25, -0.2) is 0 Å². The molecule has 13 heteroatoms. The van der Waals surface area contributed by atoms with E-state index in [0.717, 1.165) is 5.56 Å². The van der Waals surface area contributed by atoms with Crippen molar-refractivity contribution in [3.63, 3.8) is 0 Å². The lowest BCUT2D eigenvalue weighted by Crippen LogP contribution is -2.79. The number of rotatable bonds is 8. The minimum absolute atomic E-state index is 0.177. The molecule has 3 aliphatic rings. The van der Waals surface area contributed by atoms with Crippen LogP contribution in [-0.2, 0) is 30.2 Å². The van der Waals surface area contributed by atoms with E-state index in [4.69, 9.17) is 19.9 Å². The molecule has 2 aliphatic heterocycles. The van der Waals surface area contributed by atoms with Crippen LogP contribution >= 0.6 is 0 Å². The molecule has 9 N–H and O–H groups in total. The van der Waals surface area contributed by atoms with Crippen LogP contribution < -0.4 is 27.0 Å². The quantitative estimate of drug-likeness (QED) is 0.165. The number of hydrogen-bond donors (Lipinski definition) is 8. The number of amides is 2. The van der Waals surface area contributed by atoms with Crippen molar-refractivity contribution >= 4 is 11.8 Å². The number of carbonyl (C=O) groups excluding carboxylic acids is 2. The Kier molecular flexibility index (Phi) is 9.02. The van der Waals surface area contributed by atoms with Crippen LogP contribution in [-0.4, -0.2) is 115 Å². The summed E-state index contributed by atoms with van der Waals surface area (Å²) in [7, 11) is 3.24. The van der Waals surface area contributed by atoms with Crippen LogP contribution in [0.4, 0.5) is 0 Å². The van der Waals surface area contributed by atoms with Gasteiger partial charge in [-0.3, -0.25) is 9.59 Å². The van der Waals surface area contributed by atoms with Crippen molar-refractivity contribution in [3.8, 4) is 0 Å². The van der Waals surface area contributed by atoms with E-state index in [9.17, 15) is 24.9 Å². The Morgan fingerprint density at radius 3 is 2.39 bits per heavy atom. The third-order valence-electron chi connectivity index (χ3n) is 7.59. The Morgan fingerprint density at radius 2 is 1.76 bits per heavy atom. The topological polar surface area (TPSA) is 197 Å². The Bertz CT molecular complexity index is 972. The average molecular weight is 538 g/mol. The highest BCUT2D eigenvalue weighted by atomic mass is 16.8. The molecule has 7 unspecified atom stereocenters. The summed E-state index contributed by atoms with van der Waals surface area (Å²) in [5, 5.41) is 44.9. The Labute approximate surface area is 221 Å². The van der Waals surface area contributed by atoms with Gasteiger partial charge in [-0.15, -0.1) is 0 Å². The first-order valence-electron chi connectivity index (χ1n) is 12.9. The van der Waals surface area contributed by atoms with E-state index in [-0.39, 0.29) is 19.4 Å². The molecule has 0 spiro atoms. The van der Waals surface area contributed by atoms with Gasteiger partial charge in [0.15, 0.2) is 0 Å². The molecular formula is C25H39N5O8. The molecule has 13 nitrogen and oxygen atoms in total. The second-order valence-electron chi connectivity index (χ2n) is 10.1. The summed E-state index contributed by atoms with van der Waals surface area (Å²) in [6.07, 6.45) is -5.52. The number of hydrogen-bond acceptors (Lipinski definition) is 11. The second-order valence-corrected chi connectivity index (χ2v) is 10.1. The Morgan fingerprint density at radius 1 is 1.08 bits per heavy atom. The third kappa shape index (κ3) is 5.57. The van der Waals surface area contributed by atoms with Crippen molar-refractivity contribution < 1.29 is 39.1 Å². The van der Waals surface area contributed by atoms with Gasteiger partial charge in [-0.05, 0) is 33.0 Å². The number of likely N-dealkylation sites (N-methyl/N-ethyl adjacent to an activating group) is 2. The number of aliphatic hydroxyl groups excluding tert-OH is 2. The highest BCUT2D eigenvalue weighted by Gasteiger charge is 2.63. The van der Waals surface area contributed by atoms with E-state index in [2.05, 4.69) is 21.3 Å². The lowest BCUT2D eigenvalue weighted by molar-refractivity contribution is -0.449. The Hall–Kier alpha value is -2.20. The summed E-state index contributed by atoms with van der Waals surface area (Å²) in [6.45, 7) is 1.47. The molecule has 38 heavy (non-hydrogen) atoms. The zero-order valence-electron chi connectivity index (χ0n) is 21.7. The number of fused-ring (bicyclic) bond motifs is 2. The highest BCUT2D eigenvalue weighted by Crippen LogP contribution is 2.42. The lowest BCUT2D eigenvalue weighted by Gasteiger charge is -2.58. The Balaban J connectivity index is 1.58. The third-order valence-corrected chi connectivity index (χ3v) is 7.59. The van der Waals surface area contributed by atoms with E-state index >= 15 is 0 Å². The first-order chi connectivity index (χ1) is 18.1. The van der Waals surface area contributed by atoms with Crippen molar-refractivity contribution in [1.82, 2.24) is 21.3 Å². The van der Waals surface area contributed by atoms with E-state index in [1.165, 1.54) is 0 Å². The van der Waals surface area contributed by atoms with Gasteiger partial charge in [-0.1, -0.05) is 30.3 Å². The summed E-state index contributed by atoms with van der Waals surface area (Å²) >= 11 is 0. The molecule has 0 radical (unpaired) electrons. The maximum absolute atomic E-state index is 13.5. The zero-order chi connectivity index (χ0) is 27.6. The molecular weight excluding hydrogens is 498 g/mol. The van der Waals surface area contributed by atoms with Crippen LogP contribution in [0.25, 0.3) is 0 Å². The molecule has 0 aromatic heterocycles. The first kappa shape index (κ1) is 28.8. The van der Waals surface area contributed by atoms with Crippen LogP contribution in [0.2, 0.25) is 0 Å². The van der Waals surface area contributed by atoms with Crippen molar-refractivity contribution in [2.45, 2.75) is 86.5 Å². The number of carbonyl (C=O) groups is 2. The minimum atomic E-state index is -2.14. The molecule has 1 aromatic rings. The molecule has 2 amide bonds. The van der Waals surface area contributed by atoms with Gasteiger partial charge in [0.25, 0.3) is 0 Å². The van der Waals surface area contributed by atoms with Gasteiger partial charge < -0.3 is 56.5 Å². The predicted octanol–water partition coefficient (Wildman–Crippen LogP) is -3.32. The van der Waals surface area contributed by atoms with E-state index in [1.807, 2.05) is 30.3 Å². The highest BCUT2D eigenvalue weighted by molar-refractivity contribution is 5.88. The van der Waals surface area contributed by atoms with Gasteiger partial charge >= 0.3 is 0 Å². The summed E-state index contributed by atoms with van der Waals surface area (Å²) in [5.74, 6) is -3.18. The number of nitrogens with two attached hydrogens (primary N) is 1. The van der Waals surface area contributed by atoms with Gasteiger partial charge in [-0.2, -0.15) is 0 Å².